The van der Waals surface area contributed by atoms with Crippen molar-refractivity contribution >= 4 is 11.9 Å². The van der Waals surface area contributed by atoms with Gasteiger partial charge in [0.1, 0.15) is 0 Å². The van der Waals surface area contributed by atoms with Crippen molar-refractivity contribution in [2.75, 3.05) is 13.1 Å². The molecule has 3 N–H and O–H groups in total. The quantitative estimate of drug-likeness (QED) is 0.803. The number of likely N-dealkylation sites (tertiary alicyclic amines) is 1. The summed E-state index contributed by atoms with van der Waals surface area (Å²) in [6.45, 7) is 1.44. The Balaban J connectivity index is 1.90. The molecule has 0 aromatic heterocycles. The summed E-state index contributed by atoms with van der Waals surface area (Å²) in [4.78, 5) is 25.1. The predicted octanol–water partition coefficient (Wildman–Crippen LogP) is 1.22. The van der Waals surface area contributed by atoms with E-state index in [0.29, 0.717) is 12.5 Å². The Kier molecular flexibility index (Phi) is 4.80. The Labute approximate surface area is 114 Å². The van der Waals surface area contributed by atoms with Gasteiger partial charge in [-0.05, 0) is 51.0 Å². The zero-order valence-corrected chi connectivity index (χ0v) is 11.4. The molecule has 1 saturated heterocycles. The molecule has 2 rings (SSSR count). The van der Waals surface area contributed by atoms with Crippen molar-refractivity contribution in [2.24, 2.45) is 17.6 Å². The van der Waals surface area contributed by atoms with E-state index in [0.717, 1.165) is 45.1 Å². The van der Waals surface area contributed by atoms with Gasteiger partial charge >= 0.3 is 5.97 Å². The van der Waals surface area contributed by atoms with Crippen molar-refractivity contribution in [1.82, 2.24) is 4.90 Å². The van der Waals surface area contributed by atoms with Crippen LogP contribution >= 0.6 is 0 Å². The van der Waals surface area contributed by atoms with E-state index in [1.165, 1.54) is 0 Å². The van der Waals surface area contributed by atoms with Crippen LogP contribution in [0.1, 0.15) is 44.9 Å². The average molecular weight is 268 g/mol. The summed E-state index contributed by atoms with van der Waals surface area (Å²) in [6, 6.07) is -0.0859. The van der Waals surface area contributed by atoms with Gasteiger partial charge in [0.05, 0.1) is 6.42 Å². The zero-order chi connectivity index (χ0) is 13.8. The van der Waals surface area contributed by atoms with Crippen molar-refractivity contribution in [3.8, 4) is 0 Å². The van der Waals surface area contributed by atoms with Crippen LogP contribution in [0.3, 0.4) is 0 Å². The highest BCUT2D eigenvalue weighted by atomic mass is 16.4. The summed E-state index contributed by atoms with van der Waals surface area (Å²) in [5.74, 6) is 0.0328. The largest absolute Gasteiger partial charge is 0.481 e. The molecule has 0 radical (unpaired) electrons. The zero-order valence-electron chi connectivity index (χ0n) is 11.4. The molecular formula is C14H24N2O3. The van der Waals surface area contributed by atoms with Crippen LogP contribution in [0.4, 0.5) is 0 Å². The molecule has 1 aliphatic heterocycles. The molecule has 1 saturated carbocycles. The minimum Gasteiger partial charge on any atom is -0.481 e. The molecule has 5 nitrogen and oxygen atoms in total. The van der Waals surface area contributed by atoms with E-state index in [9.17, 15) is 9.59 Å². The molecule has 1 atom stereocenters. The van der Waals surface area contributed by atoms with Gasteiger partial charge in [0.15, 0.2) is 0 Å². The number of aliphatic carboxylic acids is 1. The Morgan fingerprint density at radius 1 is 1.16 bits per heavy atom. The minimum absolute atomic E-state index is 0.0859. The number of hydrogen-bond donors (Lipinski definition) is 2. The molecule has 1 heterocycles. The first-order chi connectivity index (χ1) is 9.11. The number of carboxylic acids is 1. The fourth-order valence-corrected chi connectivity index (χ4v) is 3.42. The number of nitrogens with zero attached hydrogens (tertiary/aromatic N) is 1. The summed E-state index contributed by atoms with van der Waals surface area (Å²) < 4.78 is 0. The van der Waals surface area contributed by atoms with Crippen LogP contribution in [-0.4, -0.2) is 41.0 Å². The maximum Gasteiger partial charge on any atom is 0.305 e. The van der Waals surface area contributed by atoms with E-state index in [1.54, 1.807) is 0 Å². The molecule has 108 valence electrons. The number of carboxylic acid groups (broad SMARTS) is 1. The van der Waals surface area contributed by atoms with Crippen molar-refractivity contribution < 1.29 is 14.7 Å². The Bertz CT molecular complexity index is 338. The van der Waals surface area contributed by atoms with Crippen LogP contribution in [0.5, 0.6) is 0 Å². The fourth-order valence-electron chi connectivity index (χ4n) is 3.42. The lowest BCUT2D eigenvalue weighted by molar-refractivity contribution is -0.141. The summed E-state index contributed by atoms with van der Waals surface area (Å²) in [5.41, 5.74) is 5.66. The van der Waals surface area contributed by atoms with Crippen molar-refractivity contribution in [2.45, 2.75) is 51.0 Å². The predicted molar refractivity (Wildman–Crippen MR) is 71.5 cm³/mol. The lowest BCUT2D eigenvalue weighted by Gasteiger charge is -2.32. The van der Waals surface area contributed by atoms with Gasteiger partial charge < -0.3 is 15.7 Å². The molecular weight excluding hydrogens is 244 g/mol. The normalized spacial score (nSPS) is 31.4. The molecule has 1 unspecified atom stereocenters. The molecule has 1 aliphatic carbocycles. The van der Waals surface area contributed by atoms with E-state index in [-0.39, 0.29) is 24.3 Å². The van der Waals surface area contributed by atoms with Crippen LogP contribution in [0.15, 0.2) is 0 Å². The highest BCUT2D eigenvalue weighted by Gasteiger charge is 2.35. The second kappa shape index (κ2) is 6.37. The smallest absolute Gasteiger partial charge is 0.305 e. The molecule has 2 fully saturated rings. The topological polar surface area (TPSA) is 83.6 Å². The van der Waals surface area contributed by atoms with E-state index in [4.69, 9.17) is 10.8 Å². The fraction of sp³-hybridized carbons (Fsp3) is 0.857. The SMILES string of the molecule is NCC1CCC(C(=O)N2CCCC2CC(=O)O)CC1. The summed E-state index contributed by atoms with van der Waals surface area (Å²) >= 11 is 0. The third kappa shape index (κ3) is 3.47. The molecule has 1 amide bonds. The first-order valence-corrected chi connectivity index (χ1v) is 7.34. The van der Waals surface area contributed by atoms with E-state index < -0.39 is 5.97 Å². The number of amides is 1. The lowest BCUT2D eigenvalue weighted by Crippen LogP contribution is -2.42. The number of nitrogens with two attached hydrogens (primary N) is 1. The van der Waals surface area contributed by atoms with E-state index in [2.05, 4.69) is 0 Å². The summed E-state index contributed by atoms with van der Waals surface area (Å²) in [5, 5.41) is 8.90. The van der Waals surface area contributed by atoms with Crippen LogP contribution in [0.25, 0.3) is 0 Å². The third-order valence-electron chi connectivity index (χ3n) is 4.60. The van der Waals surface area contributed by atoms with Gasteiger partial charge in [0, 0.05) is 18.5 Å². The molecule has 0 bridgehead atoms. The summed E-state index contributed by atoms with van der Waals surface area (Å²) in [6.07, 6.45) is 5.74. The second-order valence-corrected chi connectivity index (χ2v) is 5.88. The molecule has 0 spiro atoms. The molecule has 19 heavy (non-hydrogen) atoms. The minimum atomic E-state index is -0.809. The van der Waals surface area contributed by atoms with Crippen LogP contribution in [-0.2, 0) is 9.59 Å². The van der Waals surface area contributed by atoms with E-state index in [1.807, 2.05) is 4.90 Å². The van der Waals surface area contributed by atoms with Crippen LogP contribution < -0.4 is 5.73 Å². The molecule has 5 heteroatoms. The third-order valence-corrected chi connectivity index (χ3v) is 4.60. The molecule has 2 aliphatic rings. The van der Waals surface area contributed by atoms with Gasteiger partial charge in [-0.1, -0.05) is 0 Å². The van der Waals surface area contributed by atoms with Crippen LogP contribution in [0.2, 0.25) is 0 Å². The van der Waals surface area contributed by atoms with Crippen molar-refractivity contribution in [1.29, 1.82) is 0 Å². The first kappa shape index (κ1) is 14.3. The van der Waals surface area contributed by atoms with Crippen molar-refractivity contribution in [3.05, 3.63) is 0 Å². The van der Waals surface area contributed by atoms with Crippen molar-refractivity contribution in [3.63, 3.8) is 0 Å². The van der Waals surface area contributed by atoms with Gasteiger partial charge in [0.2, 0.25) is 5.91 Å². The maximum absolute atomic E-state index is 12.5. The van der Waals surface area contributed by atoms with Gasteiger partial charge in [0.25, 0.3) is 0 Å². The molecule has 0 aromatic carbocycles. The second-order valence-electron chi connectivity index (χ2n) is 5.88. The van der Waals surface area contributed by atoms with E-state index >= 15 is 0 Å². The lowest BCUT2D eigenvalue weighted by atomic mass is 9.81. The highest BCUT2D eigenvalue weighted by Crippen LogP contribution is 2.32. The Hall–Kier alpha value is -1.10. The van der Waals surface area contributed by atoms with Gasteiger partial charge in [-0.2, -0.15) is 0 Å². The average Bonchev–Trinajstić information content (AvgIpc) is 2.85. The van der Waals surface area contributed by atoms with Crippen LogP contribution in [0, 0.1) is 11.8 Å². The highest BCUT2D eigenvalue weighted by molar-refractivity contribution is 5.80. The van der Waals surface area contributed by atoms with Gasteiger partial charge in [-0.3, -0.25) is 9.59 Å². The standard InChI is InChI=1S/C14H24N2O3/c15-9-10-3-5-11(6-4-10)14(19)16-7-1-2-12(16)8-13(17)18/h10-12H,1-9,15H2,(H,17,18). The number of rotatable bonds is 4. The maximum atomic E-state index is 12.5. The molecule has 0 aromatic rings. The first-order valence-electron chi connectivity index (χ1n) is 7.34. The van der Waals surface area contributed by atoms with Gasteiger partial charge in [-0.15, -0.1) is 0 Å². The Morgan fingerprint density at radius 3 is 2.42 bits per heavy atom. The number of hydrogen-bond acceptors (Lipinski definition) is 3. The number of carbonyl (C=O) groups excluding carboxylic acids is 1. The number of carbonyl (C=O) groups is 2. The summed E-state index contributed by atoms with van der Waals surface area (Å²) in [7, 11) is 0. The van der Waals surface area contributed by atoms with Gasteiger partial charge in [-0.25, -0.2) is 0 Å². The Morgan fingerprint density at radius 2 is 1.84 bits per heavy atom. The monoisotopic (exact) mass is 268 g/mol.